The molecule has 0 atom stereocenters. The lowest BCUT2D eigenvalue weighted by Gasteiger charge is -2.18. The van der Waals surface area contributed by atoms with Gasteiger partial charge in [-0.05, 0) is 246 Å². The van der Waals surface area contributed by atoms with Crippen molar-refractivity contribution in [3.8, 4) is 145 Å². The maximum atomic E-state index is 2.59. The summed E-state index contributed by atoms with van der Waals surface area (Å²) in [6.45, 7) is 0. The Morgan fingerprint density at radius 2 is 0.500 bits per heavy atom. The minimum absolute atomic E-state index is 1.08. The Bertz CT molecular complexity index is 9230. The molecule has 0 saturated heterocycles. The summed E-state index contributed by atoms with van der Waals surface area (Å²) < 4.78 is 10.1. The number of hydrogen-bond donors (Lipinski definition) is 0. The number of benzene rings is 22. The summed E-state index contributed by atoms with van der Waals surface area (Å²) in [7, 11) is 0. The molecule has 0 aliphatic heterocycles. The van der Waals surface area contributed by atoms with E-state index >= 15 is 0 Å². The van der Waals surface area contributed by atoms with E-state index in [2.05, 4.69) is 467 Å². The molecule has 22 aromatic carbocycles. The lowest BCUT2D eigenvalue weighted by Crippen LogP contribution is -1.99. The molecule has 0 N–H and O–H groups in total. The molecular weight excluding hydrogens is 1550 g/mol. The molecule has 4 nitrogen and oxygen atoms in total. The molecule has 4 heteroatoms. The van der Waals surface area contributed by atoms with Crippen molar-refractivity contribution in [1.29, 1.82) is 0 Å². The second-order valence-corrected chi connectivity index (χ2v) is 34.8. The zero-order valence-corrected chi connectivity index (χ0v) is 69.5. The van der Waals surface area contributed by atoms with Crippen LogP contribution in [0.4, 0.5) is 0 Å². The summed E-state index contributed by atoms with van der Waals surface area (Å²) in [5.41, 5.74) is 40.2. The zero-order chi connectivity index (χ0) is 83.5. The molecule has 0 spiro atoms. The van der Waals surface area contributed by atoms with E-state index in [-0.39, 0.29) is 0 Å². The fraction of sp³-hybridized carbons (Fsp3) is 0. The SMILES string of the molecule is c1ccc(-n2c3ccccc3c3ccc(-c4cc(-c5ccc(-n6c7ccccc7c7ccc(-c8ccc9c(c8)c8ccc%10ccccc%10c8n9-c8ccccc8)cc76)c(-c6ccc(-c7ccc8c9c(cccc79)-c7ccccc7-8)cc6)c5)c5c6ccc7ccccc7c6n(-c6cccc(-c7ccc(-c8ccc9c%10c(cccc8%10)-c8ccccc8-9)cc7)c6)c5c4)cc32)cc1. The minimum atomic E-state index is 1.08. The Labute approximate surface area is 737 Å². The van der Waals surface area contributed by atoms with Crippen LogP contribution in [0, 0.1) is 0 Å². The standard InChI is InChI=1S/C124H74N4/c1-3-25-87(26-4-1)125-113-42-17-15-36-98(113)100-59-55-84(73-117(100)125)86-71-111(122-109-61-53-77-23-8-10-31-93(77)124(109)127(119(122)74-86)89-29-19-24-81(68-89)75-44-46-78(47-45-75)90-62-64-106-96-34-13-11-32-94(96)104-40-20-38-102(90)120(104)106)85-57-67-115(110(70-85)80-50-48-79(49-51-80)91-63-65-107-97-35-14-12-33-95(97)105-41-21-39-103(91)121(105)107)128-114-43-18-16-37-99(114)101-58-54-83(72-118(101)128)82-56-66-116-112(69-82)108-60-52-76-22-7-9-30-92(76)123(108)126(116)88-27-5-2-6-28-88/h1-74H. The summed E-state index contributed by atoms with van der Waals surface area (Å²) in [4.78, 5) is 0. The molecular formula is C124H74N4. The first kappa shape index (κ1) is 70.6. The Balaban J connectivity index is 0.673. The lowest BCUT2D eigenvalue weighted by molar-refractivity contribution is 1.18. The van der Waals surface area contributed by atoms with Crippen LogP contribution in [0.25, 0.3) is 275 Å². The third-order valence-corrected chi connectivity index (χ3v) is 28.2. The van der Waals surface area contributed by atoms with Crippen LogP contribution in [0.2, 0.25) is 0 Å². The van der Waals surface area contributed by atoms with Gasteiger partial charge in [0.25, 0.3) is 0 Å². The highest BCUT2D eigenvalue weighted by Gasteiger charge is 2.29. The second kappa shape index (κ2) is 27.3. The van der Waals surface area contributed by atoms with E-state index in [0.29, 0.717) is 0 Å². The summed E-state index contributed by atoms with van der Waals surface area (Å²) in [5.74, 6) is 0. The van der Waals surface area contributed by atoms with Crippen molar-refractivity contribution in [3.63, 3.8) is 0 Å². The minimum Gasteiger partial charge on any atom is -0.309 e. The largest absolute Gasteiger partial charge is 0.309 e. The van der Waals surface area contributed by atoms with Crippen molar-refractivity contribution < 1.29 is 0 Å². The van der Waals surface area contributed by atoms with E-state index in [1.165, 1.54) is 169 Å². The van der Waals surface area contributed by atoms with Crippen molar-refractivity contribution >= 4 is 130 Å². The number of fused-ring (bicyclic) bond motifs is 22. The van der Waals surface area contributed by atoms with Gasteiger partial charge in [0.2, 0.25) is 0 Å². The third kappa shape index (κ3) is 10.3. The van der Waals surface area contributed by atoms with Gasteiger partial charge in [-0.3, -0.25) is 0 Å². The van der Waals surface area contributed by atoms with Crippen LogP contribution >= 0.6 is 0 Å². The van der Waals surface area contributed by atoms with Gasteiger partial charge in [-0.25, -0.2) is 0 Å². The quantitative estimate of drug-likeness (QED) is 0.123. The van der Waals surface area contributed by atoms with Crippen LogP contribution in [0.5, 0.6) is 0 Å². The van der Waals surface area contributed by atoms with Crippen LogP contribution in [-0.2, 0) is 0 Å². The van der Waals surface area contributed by atoms with Crippen LogP contribution in [0.1, 0.15) is 0 Å². The van der Waals surface area contributed by atoms with Crippen LogP contribution in [-0.4, -0.2) is 18.3 Å². The lowest BCUT2D eigenvalue weighted by atomic mass is 9.90. The van der Waals surface area contributed by atoms with Gasteiger partial charge in [-0.2, -0.15) is 0 Å². The second-order valence-electron chi connectivity index (χ2n) is 34.8. The number of nitrogens with zero attached hydrogens (tertiary/aromatic N) is 4. The van der Waals surface area contributed by atoms with Crippen molar-refractivity contribution in [1.82, 2.24) is 18.3 Å². The molecule has 2 aliphatic carbocycles. The van der Waals surface area contributed by atoms with Crippen molar-refractivity contribution in [3.05, 3.63) is 449 Å². The van der Waals surface area contributed by atoms with E-state index in [4.69, 9.17) is 0 Å². The molecule has 0 fully saturated rings. The number of para-hydroxylation sites is 4. The van der Waals surface area contributed by atoms with E-state index in [9.17, 15) is 0 Å². The maximum absolute atomic E-state index is 2.59. The van der Waals surface area contributed by atoms with Gasteiger partial charge in [0.15, 0.2) is 0 Å². The Morgan fingerprint density at radius 1 is 0.125 bits per heavy atom. The zero-order valence-electron chi connectivity index (χ0n) is 69.5. The highest BCUT2D eigenvalue weighted by atomic mass is 15.0. The molecule has 0 amide bonds. The molecule has 128 heavy (non-hydrogen) atoms. The van der Waals surface area contributed by atoms with Gasteiger partial charge < -0.3 is 18.3 Å². The average molecular weight is 1620 g/mol. The Kier molecular flexibility index (Phi) is 15.1. The molecule has 0 bridgehead atoms. The average Bonchev–Trinajstić information content (AvgIpc) is 1.53. The van der Waals surface area contributed by atoms with Gasteiger partial charge in [0, 0.05) is 76.5 Å². The van der Waals surface area contributed by atoms with Crippen LogP contribution < -0.4 is 0 Å². The van der Waals surface area contributed by atoms with Gasteiger partial charge >= 0.3 is 0 Å². The summed E-state index contributed by atoms with van der Waals surface area (Å²) in [5, 5.41) is 19.6. The van der Waals surface area contributed by atoms with Gasteiger partial charge in [0.05, 0.1) is 49.8 Å². The summed E-state index contributed by atoms with van der Waals surface area (Å²) in [6, 6.07) is 169. The molecule has 2 aliphatic rings. The predicted octanol–water partition coefficient (Wildman–Crippen LogP) is 33.7. The molecule has 26 aromatic rings. The Hall–Kier alpha value is -16.9. The van der Waals surface area contributed by atoms with E-state index in [1.807, 2.05) is 0 Å². The first-order valence-corrected chi connectivity index (χ1v) is 44.4. The topological polar surface area (TPSA) is 19.7 Å². The van der Waals surface area contributed by atoms with E-state index in [1.54, 1.807) is 0 Å². The molecule has 0 unspecified atom stereocenters. The number of rotatable bonds is 11. The highest BCUT2D eigenvalue weighted by Crippen LogP contribution is 2.54. The van der Waals surface area contributed by atoms with Crippen molar-refractivity contribution in [2.24, 2.45) is 0 Å². The van der Waals surface area contributed by atoms with Crippen molar-refractivity contribution in [2.45, 2.75) is 0 Å². The van der Waals surface area contributed by atoms with E-state index in [0.717, 1.165) is 106 Å². The molecule has 590 valence electrons. The number of aromatic nitrogens is 4. The van der Waals surface area contributed by atoms with Gasteiger partial charge in [-0.1, -0.05) is 352 Å². The number of hydrogen-bond acceptors (Lipinski definition) is 0. The maximum Gasteiger partial charge on any atom is 0.0619 e. The molecule has 0 radical (unpaired) electrons. The smallest absolute Gasteiger partial charge is 0.0619 e. The molecule has 28 rings (SSSR count). The first-order valence-electron chi connectivity index (χ1n) is 44.4. The normalized spacial score (nSPS) is 12.2. The van der Waals surface area contributed by atoms with Crippen LogP contribution in [0.3, 0.4) is 0 Å². The van der Waals surface area contributed by atoms with E-state index < -0.39 is 0 Å². The molecule has 4 aromatic heterocycles. The van der Waals surface area contributed by atoms with Crippen molar-refractivity contribution in [2.75, 3.05) is 0 Å². The fourth-order valence-electron chi connectivity index (χ4n) is 22.5. The van der Waals surface area contributed by atoms with Crippen LogP contribution in [0.15, 0.2) is 449 Å². The monoisotopic (exact) mass is 1620 g/mol. The fourth-order valence-corrected chi connectivity index (χ4v) is 22.5. The first-order chi connectivity index (χ1) is 63.5. The predicted molar refractivity (Wildman–Crippen MR) is 541 cm³/mol. The highest BCUT2D eigenvalue weighted by molar-refractivity contribution is 6.26. The summed E-state index contributed by atoms with van der Waals surface area (Å²) in [6.07, 6.45) is 0. The molecule has 0 saturated carbocycles. The third-order valence-electron chi connectivity index (χ3n) is 28.2. The Morgan fingerprint density at radius 3 is 1.11 bits per heavy atom. The van der Waals surface area contributed by atoms with Gasteiger partial charge in [-0.15, -0.1) is 0 Å². The summed E-state index contributed by atoms with van der Waals surface area (Å²) >= 11 is 0. The van der Waals surface area contributed by atoms with Gasteiger partial charge in [0.1, 0.15) is 0 Å². The molecule has 4 heterocycles.